The standard InChI is InChI=1S/C22H19F2N3O2/c1-14-9-17(12-25-21(14)29-2)22(28,13-23)16-3-8-20-15(10-16)11-26-27(20)19-6-4-18(24)5-7-19/h3-12,28H,13H2,1-2H3. The van der Waals surface area contributed by atoms with Gasteiger partial charge in [-0.3, -0.25) is 0 Å². The summed E-state index contributed by atoms with van der Waals surface area (Å²) in [5.41, 5.74) is 1.02. The summed E-state index contributed by atoms with van der Waals surface area (Å²) in [6.45, 7) is 0.766. The van der Waals surface area contributed by atoms with E-state index in [0.29, 0.717) is 28.3 Å². The minimum atomic E-state index is -1.85. The Morgan fingerprint density at radius 2 is 1.83 bits per heavy atom. The Morgan fingerprint density at radius 1 is 1.07 bits per heavy atom. The van der Waals surface area contributed by atoms with Gasteiger partial charge in [-0.05, 0) is 55.0 Å². The first kappa shape index (κ1) is 19.0. The summed E-state index contributed by atoms with van der Waals surface area (Å²) in [4.78, 5) is 4.15. The Kier molecular flexibility index (Phi) is 4.76. The second-order valence-electron chi connectivity index (χ2n) is 6.85. The van der Waals surface area contributed by atoms with E-state index in [2.05, 4.69) is 10.1 Å². The molecule has 0 radical (unpaired) electrons. The predicted octanol–water partition coefficient (Wildman–Crippen LogP) is 4.08. The fourth-order valence-corrected chi connectivity index (χ4v) is 3.40. The van der Waals surface area contributed by atoms with Crippen LogP contribution in [0.15, 0.2) is 60.9 Å². The Balaban J connectivity index is 1.78. The second-order valence-corrected chi connectivity index (χ2v) is 6.85. The number of benzene rings is 2. The van der Waals surface area contributed by atoms with Crippen LogP contribution in [0.2, 0.25) is 0 Å². The normalized spacial score (nSPS) is 13.4. The summed E-state index contributed by atoms with van der Waals surface area (Å²) in [6, 6.07) is 12.7. The molecule has 0 aliphatic carbocycles. The van der Waals surface area contributed by atoms with Gasteiger partial charge in [0, 0.05) is 22.7 Å². The van der Waals surface area contributed by atoms with Crippen molar-refractivity contribution in [1.82, 2.24) is 14.8 Å². The van der Waals surface area contributed by atoms with E-state index in [-0.39, 0.29) is 5.82 Å². The van der Waals surface area contributed by atoms with Crippen molar-refractivity contribution in [3.63, 3.8) is 0 Å². The minimum Gasteiger partial charge on any atom is -0.481 e. The molecule has 7 heteroatoms. The molecule has 1 atom stereocenters. The number of halogens is 2. The van der Waals surface area contributed by atoms with Crippen molar-refractivity contribution in [2.75, 3.05) is 13.8 Å². The number of aliphatic hydroxyl groups is 1. The van der Waals surface area contributed by atoms with E-state index in [0.717, 1.165) is 10.9 Å². The molecule has 0 bridgehead atoms. The summed E-state index contributed by atoms with van der Waals surface area (Å²) in [5, 5.41) is 16.2. The zero-order chi connectivity index (χ0) is 20.6. The molecule has 2 heterocycles. The first-order valence-electron chi connectivity index (χ1n) is 9.00. The van der Waals surface area contributed by atoms with Crippen LogP contribution in [0.4, 0.5) is 8.78 Å². The topological polar surface area (TPSA) is 60.2 Å². The van der Waals surface area contributed by atoms with Crippen LogP contribution in [0, 0.1) is 12.7 Å². The van der Waals surface area contributed by atoms with E-state index in [1.165, 1.54) is 25.4 Å². The van der Waals surface area contributed by atoms with Crippen molar-refractivity contribution < 1.29 is 18.6 Å². The largest absolute Gasteiger partial charge is 0.481 e. The molecule has 0 fully saturated rings. The number of rotatable bonds is 5. The number of pyridine rings is 1. The average Bonchev–Trinajstić information content (AvgIpc) is 3.17. The SMILES string of the molecule is COc1ncc(C(O)(CF)c2ccc3c(cnn3-c3ccc(F)cc3)c2)cc1C. The van der Waals surface area contributed by atoms with Crippen LogP contribution in [0.5, 0.6) is 5.88 Å². The summed E-state index contributed by atoms with van der Waals surface area (Å²) < 4.78 is 34.1. The van der Waals surface area contributed by atoms with Crippen molar-refractivity contribution in [3.05, 3.63) is 83.4 Å². The lowest BCUT2D eigenvalue weighted by atomic mass is 9.87. The van der Waals surface area contributed by atoms with Crippen molar-refractivity contribution >= 4 is 10.9 Å². The Labute approximate surface area is 166 Å². The van der Waals surface area contributed by atoms with Crippen molar-refractivity contribution in [1.29, 1.82) is 0 Å². The molecule has 0 amide bonds. The van der Waals surface area contributed by atoms with Crippen molar-refractivity contribution in [3.8, 4) is 11.6 Å². The van der Waals surface area contributed by atoms with E-state index in [9.17, 15) is 13.9 Å². The average molecular weight is 395 g/mol. The lowest BCUT2D eigenvalue weighted by Gasteiger charge is -2.26. The number of hydrogen-bond donors (Lipinski definition) is 1. The maximum Gasteiger partial charge on any atom is 0.215 e. The smallest absolute Gasteiger partial charge is 0.215 e. The predicted molar refractivity (Wildman–Crippen MR) is 106 cm³/mol. The molecule has 29 heavy (non-hydrogen) atoms. The molecule has 1 N–H and O–H groups in total. The van der Waals surface area contributed by atoms with Gasteiger partial charge in [-0.15, -0.1) is 0 Å². The lowest BCUT2D eigenvalue weighted by molar-refractivity contribution is 0.0515. The van der Waals surface area contributed by atoms with E-state index < -0.39 is 12.3 Å². The number of methoxy groups -OCH3 is 1. The summed E-state index contributed by atoms with van der Waals surface area (Å²) >= 11 is 0. The Hall–Kier alpha value is -3.32. The number of ether oxygens (including phenoxy) is 1. The molecular weight excluding hydrogens is 376 g/mol. The monoisotopic (exact) mass is 395 g/mol. The first-order chi connectivity index (χ1) is 14.0. The maximum atomic E-state index is 14.1. The number of fused-ring (bicyclic) bond motifs is 1. The lowest BCUT2D eigenvalue weighted by Crippen LogP contribution is -2.30. The summed E-state index contributed by atoms with van der Waals surface area (Å²) in [6.07, 6.45) is 3.04. The molecular formula is C22H19F2N3O2. The fourth-order valence-electron chi connectivity index (χ4n) is 3.40. The van der Waals surface area contributed by atoms with Gasteiger partial charge in [0.2, 0.25) is 5.88 Å². The highest BCUT2D eigenvalue weighted by Gasteiger charge is 2.33. The molecule has 0 saturated carbocycles. The molecule has 0 aliphatic heterocycles. The molecule has 0 spiro atoms. The molecule has 2 aromatic heterocycles. The molecule has 4 rings (SSSR count). The maximum absolute atomic E-state index is 14.1. The number of nitrogens with zero attached hydrogens (tertiary/aromatic N) is 3. The third-order valence-corrected chi connectivity index (χ3v) is 5.01. The highest BCUT2D eigenvalue weighted by molar-refractivity contribution is 5.81. The number of alkyl halides is 1. The van der Waals surface area contributed by atoms with Gasteiger partial charge in [-0.25, -0.2) is 18.4 Å². The number of aromatic nitrogens is 3. The first-order valence-corrected chi connectivity index (χ1v) is 9.00. The third-order valence-electron chi connectivity index (χ3n) is 5.01. The van der Waals surface area contributed by atoms with E-state index in [1.54, 1.807) is 54.2 Å². The molecule has 148 valence electrons. The van der Waals surface area contributed by atoms with E-state index in [4.69, 9.17) is 4.74 Å². The van der Waals surface area contributed by atoms with E-state index in [1.807, 2.05) is 0 Å². The van der Waals surface area contributed by atoms with Gasteiger partial charge in [0.25, 0.3) is 0 Å². The Morgan fingerprint density at radius 3 is 2.48 bits per heavy atom. The molecule has 2 aromatic carbocycles. The van der Waals surface area contributed by atoms with Crippen LogP contribution in [-0.2, 0) is 5.60 Å². The van der Waals surface area contributed by atoms with Crippen LogP contribution in [0.3, 0.4) is 0 Å². The molecule has 4 aromatic rings. The Bertz CT molecular complexity index is 1170. The highest BCUT2D eigenvalue weighted by Crippen LogP contribution is 2.34. The molecule has 0 aliphatic rings. The van der Waals surface area contributed by atoms with Gasteiger partial charge in [-0.1, -0.05) is 6.07 Å². The number of hydrogen-bond acceptors (Lipinski definition) is 4. The zero-order valence-corrected chi connectivity index (χ0v) is 15.9. The van der Waals surface area contributed by atoms with Gasteiger partial charge in [0.05, 0.1) is 24.5 Å². The summed E-state index contributed by atoms with van der Waals surface area (Å²) in [5.74, 6) is 0.0925. The van der Waals surface area contributed by atoms with Gasteiger partial charge in [0.1, 0.15) is 18.1 Å². The summed E-state index contributed by atoms with van der Waals surface area (Å²) in [7, 11) is 1.50. The van der Waals surface area contributed by atoms with Crippen LogP contribution in [0.25, 0.3) is 16.6 Å². The van der Waals surface area contributed by atoms with Gasteiger partial charge in [-0.2, -0.15) is 5.10 Å². The zero-order valence-electron chi connectivity index (χ0n) is 15.9. The molecule has 1 unspecified atom stereocenters. The third kappa shape index (κ3) is 3.23. The van der Waals surface area contributed by atoms with Crippen LogP contribution in [-0.4, -0.2) is 33.7 Å². The van der Waals surface area contributed by atoms with Crippen LogP contribution >= 0.6 is 0 Å². The fraction of sp³-hybridized carbons (Fsp3) is 0.182. The van der Waals surface area contributed by atoms with Gasteiger partial charge >= 0.3 is 0 Å². The van der Waals surface area contributed by atoms with Gasteiger partial charge in [0.15, 0.2) is 0 Å². The van der Waals surface area contributed by atoms with Crippen molar-refractivity contribution in [2.45, 2.75) is 12.5 Å². The molecule has 0 saturated heterocycles. The van der Waals surface area contributed by atoms with Crippen molar-refractivity contribution in [2.24, 2.45) is 0 Å². The van der Waals surface area contributed by atoms with Crippen LogP contribution < -0.4 is 4.74 Å². The minimum absolute atomic E-state index is 0.330. The molecule has 5 nitrogen and oxygen atoms in total. The number of aryl methyl sites for hydroxylation is 1. The van der Waals surface area contributed by atoms with E-state index >= 15 is 0 Å². The quantitative estimate of drug-likeness (QED) is 0.553. The second kappa shape index (κ2) is 7.25. The van der Waals surface area contributed by atoms with Gasteiger partial charge < -0.3 is 9.84 Å². The highest BCUT2D eigenvalue weighted by atomic mass is 19.1. The van der Waals surface area contributed by atoms with Crippen LogP contribution in [0.1, 0.15) is 16.7 Å².